The van der Waals surface area contributed by atoms with Gasteiger partial charge in [0.25, 0.3) is 0 Å². The molecule has 1 saturated heterocycles. The van der Waals surface area contributed by atoms with Crippen molar-refractivity contribution in [2.45, 2.75) is 32.2 Å². The maximum Gasteiger partial charge on any atom is 0.238 e. The molecule has 4 N–H and O–H groups in total. The lowest BCUT2D eigenvalue weighted by Gasteiger charge is -2.42. The van der Waals surface area contributed by atoms with E-state index in [0.717, 1.165) is 19.0 Å². The number of carbonyl (C=O) groups is 1. The van der Waals surface area contributed by atoms with Gasteiger partial charge in [0.2, 0.25) is 5.91 Å². The second-order valence-corrected chi connectivity index (χ2v) is 4.63. The third kappa shape index (κ3) is 2.69. The number of amides is 1. The molecule has 1 atom stereocenters. The van der Waals surface area contributed by atoms with Crippen molar-refractivity contribution in [2.24, 2.45) is 17.4 Å². The van der Waals surface area contributed by atoms with Crippen molar-refractivity contribution < 1.29 is 4.79 Å². The Morgan fingerprint density at radius 2 is 2.14 bits per heavy atom. The fourth-order valence-corrected chi connectivity index (χ4v) is 1.94. The highest BCUT2D eigenvalue weighted by molar-refractivity contribution is 5.84. The molecule has 0 saturated carbocycles. The average molecular weight is 199 g/mol. The van der Waals surface area contributed by atoms with Crippen LogP contribution in [0.15, 0.2) is 0 Å². The van der Waals surface area contributed by atoms with Crippen molar-refractivity contribution in [3.8, 4) is 0 Å². The van der Waals surface area contributed by atoms with E-state index in [1.807, 2.05) is 0 Å². The quantitative estimate of drug-likeness (QED) is 0.650. The van der Waals surface area contributed by atoms with Crippen molar-refractivity contribution >= 4 is 5.91 Å². The highest BCUT2D eigenvalue weighted by Crippen LogP contribution is 2.21. The summed E-state index contributed by atoms with van der Waals surface area (Å²) in [6.45, 7) is 6.60. The molecule has 82 valence electrons. The van der Waals surface area contributed by atoms with E-state index in [-0.39, 0.29) is 0 Å². The van der Waals surface area contributed by atoms with Crippen molar-refractivity contribution in [3.05, 3.63) is 0 Å². The first-order valence-electron chi connectivity index (χ1n) is 5.27. The van der Waals surface area contributed by atoms with Gasteiger partial charge in [-0.3, -0.25) is 4.79 Å². The summed E-state index contributed by atoms with van der Waals surface area (Å²) in [5, 5.41) is 0. The minimum absolute atomic E-state index is 0.420. The summed E-state index contributed by atoms with van der Waals surface area (Å²) in [6, 6.07) is 0. The van der Waals surface area contributed by atoms with Crippen LogP contribution in [0.5, 0.6) is 0 Å². The molecule has 1 aliphatic rings. The van der Waals surface area contributed by atoms with Gasteiger partial charge >= 0.3 is 0 Å². The topological polar surface area (TPSA) is 72.3 Å². The van der Waals surface area contributed by atoms with E-state index in [0.29, 0.717) is 6.54 Å². The Labute approximate surface area is 85.6 Å². The van der Waals surface area contributed by atoms with Crippen LogP contribution in [0.3, 0.4) is 0 Å². The minimum atomic E-state index is -0.878. The summed E-state index contributed by atoms with van der Waals surface area (Å²) in [5.41, 5.74) is 10.1. The molecule has 14 heavy (non-hydrogen) atoms. The zero-order valence-corrected chi connectivity index (χ0v) is 9.12. The predicted octanol–water partition coefficient (Wildman–Crippen LogP) is -0.0790. The number of likely N-dealkylation sites (tertiary alicyclic amines) is 1. The monoisotopic (exact) mass is 199 g/mol. The van der Waals surface area contributed by atoms with Crippen LogP contribution in [-0.2, 0) is 4.79 Å². The molecule has 0 aromatic heterocycles. The molecular weight excluding hydrogens is 178 g/mol. The molecule has 1 rings (SSSR count). The number of carbonyl (C=O) groups excluding carboxylic acids is 1. The van der Waals surface area contributed by atoms with E-state index in [4.69, 9.17) is 11.5 Å². The minimum Gasteiger partial charge on any atom is -0.368 e. The summed E-state index contributed by atoms with van der Waals surface area (Å²) in [5.74, 6) is 0.375. The van der Waals surface area contributed by atoms with Crippen molar-refractivity contribution in [2.75, 3.05) is 19.6 Å². The highest BCUT2D eigenvalue weighted by Gasteiger charge is 2.34. The normalized spacial score (nSPS) is 22.8. The third-order valence-electron chi connectivity index (χ3n) is 2.84. The van der Waals surface area contributed by atoms with Crippen LogP contribution in [0.25, 0.3) is 0 Å². The van der Waals surface area contributed by atoms with Gasteiger partial charge in [-0.2, -0.15) is 0 Å². The number of hydrogen-bond acceptors (Lipinski definition) is 3. The summed E-state index contributed by atoms with van der Waals surface area (Å²) in [6.07, 6.45) is 2.50. The molecule has 0 aromatic carbocycles. The lowest BCUT2D eigenvalue weighted by atomic mass is 9.92. The summed E-state index contributed by atoms with van der Waals surface area (Å²) >= 11 is 0. The van der Waals surface area contributed by atoms with Gasteiger partial charge in [-0.1, -0.05) is 13.3 Å². The van der Waals surface area contributed by atoms with Crippen molar-refractivity contribution in [1.82, 2.24) is 4.90 Å². The number of rotatable bonds is 5. The van der Waals surface area contributed by atoms with Crippen LogP contribution in [0, 0.1) is 5.92 Å². The molecule has 0 radical (unpaired) electrons. The van der Waals surface area contributed by atoms with Crippen LogP contribution in [0.4, 0.5) is 0 Å². The summed E-state index contributed by atoms with van der Waals surface area (Å²) in [7, 11) is 0. The van der Waals surface area contributed by atoms with Gasteiger partial charge in [0.05, 0.1) is 0 Å². The summed E-state index contributed by atoms with van der Waals surface area (Å²) in [4.78, 5) is 13.2. The third-order valence-corrected chi connectivity index (χ3v) is 2.84. The number of primary amides is 1. The Kier molecular flexibility index (Phi) is 3.50. The number of nitrogens with zero attached hydrogens (tertiary/aromatic N) is 1. The molecule has 0 aromatic rings. The maximum absolute atomic E-state index is 11.0. The average Bonchev–Trinajstić information content (AvgIpc) is 2.00. The molecular formula is C10H21N3O. The first-order valence-corrected chi connectivity index (χ1v) is 5.27. The zero-order valence-electron chi connectivity index (χ0n) is 9.12. The van der Waals surface area contributed by atoms with E-state index in [1.54, 1.807) is 6.92 Å². The van der Waals surface area contributed by atoms with Crippen LogP contribution in [0.1, 0.15) is 26.7 Å². The van der Waals surface area contributed by atoms with E-state index in [9.17, 15) is 4.79 Å². The van der Waals surface area contributed by atoms with Gasteiger partial charge in [0, 0.05) is 19.6 Å². The lowest BCUT2D eigenvalue weighted by Crippen LogP contribution is -2.61. The fraction of sp³-hybridized carbons (Fsp3) is 0.900. The molecule has 1 amide bonds. The van der Waals surface area contributed by atoms with Crippen LogP contribution < -0.4 is 11.5 Å². The second-order valence-electron chi connectivity index (χ2n) is 4.63. The Bertz CT molecular complexity index is 209. The fourth-order valence-electron chi connectivity index (χ4n) is 1.94. The molecule has 0 spiro atoms. The molecule has 1 aliphatic heterocycles. The largest absolute Gasteiger partial charge is 0.368 e. The maximum atomic E-state index is 11.0. The van der Waals surface area contributed by atoms with Crippen LogP contribution in [-0.4, -0.2) is 36.0 Å². The molecule has 4 nitrogen and oxygen atoms in total. The predicted molar refractivity (Wildman–Crippen MR) is 56.6 cm³/mol. The molecule has 4 heteroatoms. The summed E-state index contributed by atoms with van der Waals surface area (Å²) < 4.78 is 0. The Balaban J connectivity index is 2.25. The van der Waals surface area contributed by atoms with Gasteiger partial charge in [-0.25, -0.2) is 0 Å². The van der Waals surface area contributed by atoms with Gasteiger partial charge in [-0.15, -0.1) is 0 Å². The molecule has 1 heterocycles. The lowest BCUT2D eigenvalue weighted by molar-refractivity contribution is -0.123. The van der Waals surface area contributed by atoms with E-state index < -0.39 is 11.4 Å². The van der Waals surface area contributed by atoms with Gasteiger partial charge in [-0.05, 0) is 19.3 Å². The van der Waals surface area contributed by atoms with Gasteiger partial charge < -0.3 is 16.4 Å². The Hall–Kier alpha value is -0.610. The Morgan fingerprint density at radius 1 is 1.57 bits per heavy atom. The van der Waals surface area contributed by atoms with Gasteiger partial charge in [0.15, 0.2) is 0 Å². The smallest absolute Gasteiger partial charge is 0.238 e. The van der Waals surface area contributed by atoms with Crippen molar-refractivity contribution in [3.63, 3.8) is 0 Å². The van der Waals surface area contributed by atoms with E-state index in [2.05, 4.69) is 11.8 Å². The molecule has 0 aliphatic carbocycles. The van der Waals surface area contributed by atoms with Crippen LogP contribution in [0.2, 0.25) is 0 Å². The Morgan fingerprint density at radius 3 is 2.57 bits per heavy atom. The van der Waals surface area contributed by atoms with E-state index in [1.165, 1.54) is 12.8 Å². The van der Waals surface area contributed by atoms with Crippen LogP contribution >= 0.6 is 0 Å². The van der Waals surface area contributed by atoms with Crippen molar-refractivity contribution in [1.29, 1.82) is 0 Å². The molecule has 1 fully saturated rings. The number of nitrogens with two attached hydrogens (primary N) is 2. The van der Waals surface area contributed by atoms with Gasteiger partial charge in [0.1, 0.15) is 5.54 Å². The highest BCUT2D eigenvalue weighted by atomic mass is 16.1. The zero-order chi connectivity index (χ0) is 10.8. The van der Waals surface area contributed by atoms with E-state index >= 15 is 0 Å². The number of hydrogen-bond donors (Lipinski definition) is 2. The first-order chi connectivity index (χ1) is 6.45. The molecule has 1 unspecified atom stereocenters. The first kappa shape index (κ1) is 11.5. The SMILES string of the molecule is CCCC1CN(CC(C)(N)C(N)=O)C1. The second kappa shape index (κ2) is 4.28. The molecule has 0 bridgehead atoms. The standard InChI is InChI=1S/C10H21N3O/c1-3-4-8-5-13(6-8)7-10(2,12)9(11)14/h8H,3-7,12H2,1-2H3,(H2,11,14).